The van der Waals surface area contributed by atoms with Gasteiger partial charge < -0.3 is 9.47 Å². The highest BCUT2D eigenvalue weighted by atomic mass is 16.5. The van der Waals surface area contributed by atoms with E-state index in [1.165, 1.54) is 11.1 Å². The van der Waals surface area contributed by atoms with Crippen LogP contribution in [0.1, 0.15) is 25.8 Å². The molecule has 0 bridgehead atoms. The van der Waals surface area contributed by atoms with Crippen LogP contribution in [0.5, 0.6) is 5.75 Å². The van der Waals surface area contributed by atoms with E-state index in [9.17, 15) is 0 Å². The van der Waals surface area contributed by atoms with Crippen molar-refractivity contribution in [1.29, 1.82) is 0 Å². The Morgan fingerprint density at radius 2 is 1.94 bits per heavy atom. The molecule has 0 unspecified atom stereocenters. The molecule has 0 N–H and O–H groups in total. The average Bonchev–Trinajstić information content (AvgIpc) is 2.34. The van der Waals surface area contributed by atoms with E-state index in [1.54, 1.807) is 7.11 Å². The first-order valence-electron chi connectivity index (χ1n) is 5.66. The number of ether oxygens (including phenoxy) is 2. The molecule has 0 saturated heterocycles. The van der Waals surface area contributed by atoms with Crippen molar-refractivity contribution in [3.8, 4) is 5.75 Å². The average molecular weight is 220 g/mol. The molecule has 0 radical (unpaired) electrons. The van der Waals surface area contributed by atoms with Crippen molar-refractivity contribution in [2.45, 2.75) is 26.7 Å². The summed E-state index contributed by atoms with van der Waals surface area (Å²) in [4.78, 5) is 0. The number of allylic oxidation sites excluding steroid dienone is 1. The molecule has 0 spiro atoms. The summed E-state index contributed by atoms with van der Waals surface area (Å²) in [5.41, 5.74) is 2.60. The maximum atomic E-state index is 5.24. The number of methoxy groups -OCH3 is 1. The SMILES string of the molecule is CCOC=C(C)CCc1ccc(OC)cc1. The van der Waals surface area contributed by atoms with Crippen molar-refractivity contribution >= 4 is 0 Å². The van der Waals surface area contributed by atoms with Crippen LogP contribution >= 0.6 is 0 Å². The van der Waals surface area contributed by atoms with Gasteiger partial charge in [0, 0.05) is 0 Å². The number of aryl methyl sites for hydroxylation is 1. The number of rotatable bonds is 6. The molecule has 0 amide bonds. The maximum absolute atomic E-state index is 5.24. The molecule has 0 aliphatic heterocycles. The summed E-state index contributed by atoms with van der Waals surface area (Å²) in [6.07, 6.45) is 3.93. The Morgan fingerprint density at radius 1 is 1.25 bits per heavy atom. The molecular weight excluding hydrogens is 200 g/mol. The number of hydrogen-bond donors (Lipinski definition) is 0. The summed E-state index contributed by atoms with van der Waals surface area (Å²) < 4.78 is 10.4. The fourth-order valence-electron chi connectivity index (χ4n) is 1.42. The molecule has 0 aromatic heterocycles. The fourth-order valence-corrected chi connectivity index (χ4v) is 1.42. The van der Waals surface area contributed by atoms with Gasteiger partial charge in [-0.25, -0.2) is 0 Å². The van der Waals surface area contributed by atoms with E-state index in [0.717, 1.165) is 25.2 Å². The van der Waals surface area contributed by atoms with E-state index in [0.29, 0.717) is 0 Å². The minimum Gasteiger partial charge on any atom is -0.502 e. The Kier molecular flexibility index (Phi) is 5.48. The van der Waals surface area contributed by atoms with Crippen LogP contribution in [-0.2, 0) is 11.2 Å². The van der Waals surface area contributed by atoms with Gasteiger partial charge in [-0.15, -0.1) is 0 Å². The van der Waals surface area contributed by atoms with Crippen LogP contribution in [0.4, 0.5) is 0 Å². The van der Waals surface area contributed by atoms with E-state index in [4.69, 9.17) is 9.47 Å². The van der Waals surface area contributed by atoms with Gasteiger partial charge in [0.05, 0.1) is 20.0 Å². The second-order valence-electron chi connectivity index (χ2n) is 3.77. The summed E-state index contributed by atoms with van der Waals surface area (Å²) in [5.74, 6) is 0.908. The largest absolute Gasteiger partial charge is 0.502 e. The zero-order chi connectivity index (χ0) is 11.8. The summed E-state index contributed by atoms with van der Waals surface area (Å²) in [6.45, 7) is 4.83. The molecule has 0 saturated carbocycles. The molecule has 1 aromatic rings. The zero-order valence-corrected chi connectivity index (χ0v) is 10.3. The first-order valence-corrected chi connectivity index (χ1v) is 5.66. The van der Waals surface area contributed by atoms with Crippen LogP contribution in [0.15, 0.2) is 36.1 Å². The number of benzene rings is 1. The molecule has 88 valence electrons. The van der Waals surface area contributed by atoms with E-state index in [1.807, 2.05) is 25.3 Å². The Balaban J connectivity index is 2.42. The zero-order valence-electron chi connectivity index (χ0n) is 10.3. The molecule has 0 heterocycles. The van der Waals surface area contributed by atoms with Crippen LogP contribution in [0, 0.1) is 0 Å². The van der Waals surface area contributed by atoms with Crippen molar-refractivity contribution < 1.29 is 9.47 Å². The highest BCUT2D eigenvalue weighted by Gasteiger charge is 1.96. The van der Waals surface area contributed by atoms with Gasteiger partial charge >= 0.3 is 0 Å². The van der Waals surface area contributed by atoms with Gasteiger partial charge in [-0.3, -0.25) is 0 Å². The Hall–Kier alpha value is -1.44. The second kappa shape index (κ2) is 6.94. The van der Waals surface area contributed by atoms with Gasteiger partial charge in [0.2, 0.25) is 0 Å². The molecule has 2 heteroatoms. The molecule has 0 aliphatic carbocycles. The van der Waals surface area contributed by atoms with E-state index in [2.05, 4.69) is 19.1 Å². The van der Waals surface area contributed by atoms with Crippen molar-refractivity contribution in [3.63, 3.8) is 0 Å². The third-order valence-electron chi connectivity index (χ3n) is 2.42. The normalized spacial score (nSPS) is 11.3. The molecule has 0 aliphatic rings. The highest BCUT2D eigenvalue weighted by Crippen LogP contribution is 2.14. The van der Waals surface area contributed by atoms with Gasteiger partial charge in [-0.1, -0.05) is 12.1 Å². The quantitative estimate of drug-likeness (QED) is 0.682. The van der Waals surface area contributed by atoms with Crippen molar-refractivity contribution in [2.24, 2.45) is 0 Å². The van der Waals surface area contributed by atoms with Crippen molar-refractivity contribution in [1.82, 2.24) is 0 Å². The summed E-state index contributed by atoms with van der Waals surface area (Å²) in [6, 6.07) is 8.20. The molecular formula is C14H20O2. The predicted molar refractivity (Wildman–Crippen MR) is 66.7 cm³/mol. The fraction of sp³-hybridized carbons (Fsp3) is 0.429. The van der Waals surface area contributed by atoms with Crippen LogP contribution in [0.2, 0.25) is 0 Å². The lowest BCUT2D eigenvalue weighted by Crippen LogP contribution is -1.89. The van der Waals surface area contributed by atoms with E-state index >= 15 is 0 Å². The van der Waals surface area contributed by atoms with Crippen LogP contribution in [0.25, 0.3) is 0 Å². The smallest absolute Gasteiger partial charge is 0.118 e. The molecule has 1 rings (SSSR count). The van der Waals surface area contributed by atoms with Gasteiger partial charge in [0.15, 0.2) is 0 Å². The summed E-state index contributed by atoms with van der Waals surface area (Å²) in [7, 11) is 1.68. The van der Waals surface area contributed by atoms with Crippen molar-refractivity contribution in [3.05, 3.63) is 41.7 Å². The summed E-state index contributed by atoms with van der Waals surface area (Å²) >= 11 is 0. The minimum atomic E-state index is 0.736. The van der Waals surface area contributed by atoms with Gasteiger partial charge in [0.1, 0.15) is 5.75 Å². The Bertz CT molecular complexity index is 325. The molecule has 0 atom stereocenters. The molecule has 0 fully saturated rings. The van der Waals surface area contributed by atoms with Gasteiger partial charge in [0.25, 0.3) is 0 Å². The monoisotopic (exact) mass is 220 g/mol. The first kappa shape index (κ1) is 12.6. The predicted octanol–water partition coefficient (Wildman–Crippen LogP) is 3.57. The summed E-state index contributed by atoms with van der Waals surface area (Å²) in [5, 5.41) is 0. The van der Waals surface area contributed by atoms with Gasteiger partial charge in [-0.2, -0.15) is 0 Å². The lowest BCUT2D eigenvalue weighted by atomic mass is 10.1. The van der Waals surface area contributed by atoms with Crippen LogP contribution in [0.3, 0.4) is 0 Å². The molecule has 1 aromatic carbocycles. The molecule has 16 heavy (non-hydrogen) atoms. The standard InChI is InChI=1S/C14H20O2/c1-4-16-11-12(2)5-6-13-7-9-14(15-3)10-8-13/h7-11H,4-6H2,1-3H3. The first-order chi connectivity index (χ1) is 7.76. The van der Waals surface area contributed by atoms with E-state index in [-0.39, 0.29) is 0 Å². The second-order valence-corrected chi connectivity index (χ2v) is 3.77. The van der Waals surface area contributed by atoms with Crippen molar-refractivity contribution in [2.75, 3.05) is 13.7 Å². The minimum absolute atomic E-state index is 0.736. The Morgan fingerprint density at radius 3 is 2.50 bits per heavy atom. The Labute approximate surface area is 97.9 Å². The highest BCUT2D eigenvalue weighted by molar-refractivity contribution is 5.27. The topological polar surface area (TPSA) is 18.5 Å². The van der Waals surface area contributed by atoms with Gasteiger partial charge in [-0.05, 0) is 50.0 Å². The molecule has 2 nitrogen and oxygen atoms in total. The maximum Gasteiger partial charge on any atom is 0.118 e. The number of hydrogen-bond acceptors (Lipinski definition) is 2. The lowest BCUT2D eigenvalue weighted by Gasteiger charge is -2.04. The van der Waals surface area contributed by atoms with Crippen LogP contribution in [-0.4, -0.2) is 13.7 Å². The third-order valence-corrected chi connectivity index (χ3v) is 2.42. The third kappa shape index (κ3) is 4.39. The van der Waals surface area contributed by atoms with E-state index < -0.39 is 0 Å². The lowest BCUT2D eigenvalue weighted by molar-refractivity contribution is 0.265. The van der Waals surface area contributed by atoms with Crippen LogP contribution < -0.4 is 4.74 Å².